The van der Waals surface area contributed by atoms with Gasteiger partial charge in [0.25, 0.3) is 5.91 Å². The number of aryl methyl sites for hydroxylation is 1. The molecule has 0 spiro atoms. The molecule has 0 atom stereocenters. The Hall–Kier alpha value is -2.83. The summed E-state index contributed by atoms with van der Waals surface area (Å²) in [6, 6.07) is 7.20. The number of piperazine rings is 1. The number of nitrogens with one attached hydrogen (secondary N) is 2. The van der Waals surface area contributed by atoms with Crippen molar-refractivity contribution in [3.05, 3.63) is 51.7 Å². The van der Waals surface area contributed by atoms with E-state index >= 15 is 0 Å². The molecule has 3 aromatic rings. The zero-order valence-electron chi connectivity index (χ0n) is 18.8. The number of β-amino-alcohol motifs (C(OH)–C–C–N with tert-alkyl or cyclic N) is 1. The number of benzene rings is 1. The molecule has 2 aromatic heterocycles. The molecule has 5 N–H and O–H groups in total. The number of halogens is 1. The average Bonchev–Trinajstić information content (AvgIpc) is 3.29. The molecule has 180 valence electrons. The van der Waals surface area contributed by atoms with Gasteiger partial charge >= 0.3 is 0 Å². The summed E-state index contributed by atoms with van der Waals surface area (Å²) in [6.07, 6.45) is 1.51. The number of nitrogens with zero attached hydrogens (tertiary/aromatic N) is 5. The van der Waals surface area contributed by atoms with E-state index in [9.17, 15) is 4.79 Å². The normalized spacial score (nSPS) is 14.3. The summed E-state index contributed by atoms with van der Waals surface area (Å²) in [5, 5.41) is 16.1. The van der Waals surface area contributed by atoms with Gasteiger partial charge in [-0.1, -0.05) is 35.1 Å². The fraction of sp³-hybridized carbons (Fsp3) is 0.364. The number of anilines is 4. The van der Waals surface area contributed by atoms with E-state index in [1.807, 2.05) is 19.1 Å². The topological polar surface area (TPSA) is 133 Å². The second kappa shape index (κ2) is 11.1. The van der Waals surface area contributed by atoms with Crippen molar-refractivity contribution in [2.45, 2.75) is 13.5 Å². The number of aromatic nitrogens is 3. The van der Waals surface area contributed by atoms with Gasteiger partial charge in [-0.05, 0) is 18.6 Å². The fourth-order valence-electron chi connectivity index (χ4n) is 3.72. The highest BCUT2D eigenvalue weighted by Crippen LogP contribution is 2.28. The Morgan fingerprint density at radius 2 is 2.06 bits per heavy atom. The van der Waals surface area contributed by atoms with Crippen LogP contribution in [0, 0.1) is 6.92 Å². The van der Waals surface area contributed by atoms with Crippen molar-refractivity contribution in [3.63, 3.8) is 0 Å². The first-order chi connectivity index (χ1) is 16.5. The van der Waals surface area contributed by atoms with Crippen LogP contribution in [0.15, 0.2) is 30.5 Å². The van der Waals surface area contributed by atoms with Gasteiger partial charge in [-0.25, -0.2) is 15.0 Å². The summed E-state index contributed by atoms with van der Waals surface area (Å²) in [5.41, 5.74) is 7.03. The molecule has 1 fully saturated rings. The molecular weight excluding hydrogens is 476 g/mol. The quantitative estimate of drug-likeness (QED) is 0.366. The van der Waals surface area contributed by atoms with Gasteiger partial charge in [0.15, 0.2) is 5.13 Å². The van der Waals surface area contributed by atoms with Gasteiger partial charge in [0.2, 0.25) is 0 Å². The van der Waals surface area contributed by atoms with E-state index < -0.39 is 0 Å². The molecular formula is C22H27ClN8O2S. The largest absolute Gasteiger partial charge is 0.395 e. The number of para-hydroxylation sites is 1. The number of hydrogen-bond acceptors (Lipinski definition) is 10. The molecule has 1 aliphatic rings. The minimum absolute atomic E-state index is 0.168. The Labute approximate surface area is 206 Å². The monoisotopic (exact) mass is 502 g/mol. The molecule has 10 nitrogen and oxygen atoms in total. The highest BCUT2D eigenvalue weighted by atomic mass is 35.5. The van der Waals surface area contributed by atoms with Crippen LogP contribution in [0.2, 0.25) is 5.02 Å². The van der Waals surface area contributed by atoms with Crippen LogP contribution in [0.5, 0.6) is 0 Å². The van der Waals surface area contributed by atoms with Crippen molar-refractivity contribution < 1.29 is 9.90 Å². The Kier molecular flexibility index (Phi) is 7.91. The minimum Gasteiger partial charge on any atom is -0.395 e. The Bertz CT molecular complexity index is 1150. The van der Waals surface area contributed by atoms with Crippen molar-refractivity contribution in [2.75, 3.05) is 54.9 Å². The molecule has 1 aromatic carbocycles. The number of hydrogen-bond donors (Lipinski definition) is 4. The summed E-state index contributed by atoms with van der Waals surface area (Å²) in [5.74, 6) is 1.77. The maximum Gasteiger partial charge on any atom is 0.267 e. The van der Waals surface area contributed by atoms with E-state index in [1.54, 1.807) is 12.1 Å². The first kappa shape index (κ1) is 24.3. The van der Waals surface area contributed by atoms with Crippen molar-refractivity contribution in [2.24, 2.45) is 5.73 Å². The predicted molar refractivity (Wildman–Crippen MR) is 135 cm³/mol. The Balaban J connectivity index is 1.44. The van der Waals surface area contributed by atoms with E-state index in [1.165, 1.54) is 17.5 Å². The number of nitrogens with two attached hydrogens (primary N) is 1. The number of aliphatic hydroxyl groups is 1. The average molecular weight is 503 g/mol. The molecule has 0 aliphatic carbocycles. The molecule has 1 saturated heterocycles. The molecule has 4 rings (SSSR count). The lowest BCUT2D eigenvalue weighted by Gasteiger charge is -2.35. The maximum absolute atomic E-state index is 12.8. The molecule has 12 heteroatoms. The third-order valence-electron chi connectivity index (χ3n) is 5.46. The fourth-order valence-corrected chi connectivity index (χ4v) is 4.68. The zero-order valence-corrected chi connectivity index (χ0v) is 20.4. The molecule has 1 amide bonds. The molecule has 1 aliphatic heterocycles. The Morgan fingerprint density at radius 1 is 1.26 bits per heavy atom. The first-order valence-corrected chi connectivity index (χ1v) is 12.1. The summed E-state index contributed by atoms with van der Waals surface area (Å²) in [4.78, 5) is 31.0. The number of amides is 1. The number of carbonyl (C=O) groups excluding carboxylic acids is 1. The standard InChI is InChI=1S/C22H27ClN8O2S/c1-14-26-18(11-19(27-14)31-7-5-30(6-8-31)9-10-32)28-22-25-13-17(34-22)21(33)29-20-15(12-24)3-2-4-16(20)23/h2-4,11,13,32H,5-10,12,24H2,1H3,(H,29,33)(H,25,26,27,28). The van der Waals surface area contributed by atoms with E-state index in [2.05, 4.69) is 35.4 Å². The molecule has 0 radical (unpaired) electrons. The van der Waals surface area contributed by atoms with Crippen LogP contribution in [0.3, 0.4) is 0 Å². The van der Waals surface area contributed by atoms with Crippen LogP contribution in [-0.2, 0) is 6.54 Å². The smallest absolute Gasteiger partial charge is 0.267 e. The van der Waals surface area contributed by atoms with E-state index in [-0.39, 0.29) is 19.1 Å². The maximum atomic E-state index is 12.8. The highest BCUT2D eigenvalue weighted by Gasteiger charge is 2.19. The summed E-state index contributed by atoms with van der Waals surface area (Å²) >= 11 is 7.46. The van der Waals surface area contributed by atoms with Gasteiger partial charge in [0.05, 0.1) is 23.5 Å². The molecule has 3 heterocycles. The van der Waals surface area contributed by atoms with E-state index in [0.717, 1.165) is 37.6 Å². The van der Waals surface area contributed by atoms with Crippen molar-refractivity contribution in [1.82, 2.24) is 19.9 Å². The van der Waals surface area contributed by atoms with Crippen LogP contribution in [0.4, 0.5) is 22.5 Å². The third kappa shape index (κ3) is 5.80. The third-order valence-corrected chi connectivity index (χ3v) is 6.69. The number of rotatable bonds is 8. The first-order valence-electron chi connectivity index (χ1n) is 10.9. The summed E-state index contributed by atoms with van der Waals surface area (Å²) in [7, 11) is 0. The van der Waals surface area contributed by atoms with Crippen LogP contribution < -0.4 is 21.3 Å². The summed E-state index contributed by atoms with van der Waals surface area (Å²) < 4.78 is 0. The molecule has 34 heavy (non-hydrogen) atoms. The number of carbonyl (C=O) groups is 1. The van der Waals surface area contributed by atoms with Gasteiger partial charge in [0.1, 0.15) is 22.3 Å². The van der Waals surface area contributed by atoms with Crippen molar-refractivity contribution in [3.8, 4) is 0 Å². The summed E-state index contributed by atoms with van der Waals surface area (Å²) in [6.45, 7) is 6.35. The SMILES string of the molecule is Cc1nc(Nc2ncc(C(=O)Nc3c(Cl)cccc3CN)s2)cc(N2CCN(CCO)CC2)n1. The lowest BCUT2D eigenvalue weighted by atomic mass is 10.1. The van der Waals surface area contributed by atoms with Crippen molar-refractivity contribution >= 4 is 51.3 Å². The van der Waals surface area contributed by atoms with Crippen LogP contribution >= 0.6 is 22.9 Å². The van der Waals surface area contributed by atoms with Gasteiger partial charge in [-0.3, -0.25) is 9.69 Å². The second-order valence-corrected chi connectivity index (χ2v) is 9.24. The van der Waals surface area contributed by atoms with Gasteiger partial charge in [-0.15, -0.1) is 0 Å². The second-order valence-electron chi connectivity index (χ2n) is 7.80. The van der Waals surface area contributed by atoms with E-state index in [0.29, 0.717) is 38.9 Å². The van der Waals surface area contributed by atoms with Crippen LogP contribution in [0.25, 0.3) is 0 Å². The van der Waals surface area contributed by atoms with Gasteiger partial charge in [0, 0.05) is 45.3 Å². The predicted octanol–water partition coefficient (Wildman–Crippen LogP) is 2.46. The number of thiazole rings is 1. The van der Waals surface area contributed by atoms with E-state index in [4.69, 9.17) is 22.4 Å². The minimum atomic E-state index is -0.311. The molecule has 0 saturated carbocycles. The lowest BCUT2D eigenvalue weighted by Crippen LogP contribution is -2.47. The van der Waals surface area contributed by atoms with Crippen molar-refractivity contribution in [1.29, 1.82) is 0 Å². The zero-order chi connectivity index (χ0) is 24.1. The van der Waals surface area contributed by atoms with Crippen LogP contribution in [0.1, 0.15) is 21.1 Å². The lowest BCUT2D eigenvalue weighted by molar-refractivity contribution is 0.103. The van der Waals surface area contributed by atoms with Crippen LogP contribution in [-0.4, -0.2) is 70.2 Å². The molecule has 0 unspecified atom stereocenters. The van der Waals surface area contributed by atoms with Gasteiger partial charge < -0.3 is 26.4 Å². The number of aliphatic hydroxyl groups excluding tert-OH is 1. The Morgan fingerprint density at radius 3 is 2.79 bits per heavy atom. The molecule has 0 bridgehead atoms. The highest BCUT2D eigenvalue weighted by molar-refractivity contribution is 7.17. The van der Waals surface area contributed by atoms with Gasteiger partial charge in [-0.2, -0.15) is 0 Å².